The van der Waals surface area contributed by atoms with Gasteiger partial charge in [-0.2, -0.15) is 0 Å². The highest BCUT2D eigenvalue weighted by atomic mass is 35.5. The van der Waals surface area contributed by atoms with E-state index in [1.54, 1.807) is 37.5 Å². The highest BCUT2D eigenvalue weighted by molar-refractivity contribution is 6.29. The largest absolute Gasteiger partial charge is 0.486 e. The van der Waals surface area contributed by atoms with Gasteiger partial charge in [-0.1, -0.05) is 29.8 Å². The predicted octanol–water partition coefficient (Wildman–Crippen LogP) is 3.01. The molecule has 2 N–H and O–H groups in total. The second-order valence-corrected chi connectivity index (χ2v) is 5.54. The standard InChI is InChI=1S/C17H20ClFN4O/c1-12(24-15-6-4-3-5-14(15)19)9-22-17(20-2)23-11-13-7-8-16(18)21-10-13/h3-8,10,12H,9,11H2,1-2H3,(H2,20,22,23). The van der Waals surface area contributed by atoms with Gasteiger partial charge in [-0.05, 0) is 30.7 Å². The minimum atomic E-state index is -0.373. The van der Waals surface area contributed by atoms with Crippen LogP contribution in [0.3, 0.4) is 0 Å². The average Bonchev–Trinajstić information content (AvgIpc) is 2.58. The van der Waals surface area contributed by atoms with Crippen LogP contribution in [0.1, 0.15) is 12.5 Å². The molecule has 0 amide bonds. The number of hydrogen-bond acceptors (Lipinski definition) is 3. The Balaban J connectivity index is 1.78. The highest BCUT2D eigenvalue weighted by Gasteiger charge is 2.08. The Hall–Kier alpha value is -2.34. The fraction of sp³-hybridized carbons (Fsp3) is 0.294. The Morgan fingerprint density at radius 1 is 1.29 bits per heavy atom. The Kier molecular flexibility index (Phi) is 6.81. The van der Waals surface area contributed by atoms with Crippen molar-refractivity contribution in [1.82, 2.24) is 15.6 Å². The molecule has 0 aliphatic rings. The molecule has 0 spiro atoms. The van der Waals surface area contributed by atoms with Crippen LogP contribution in [0, 0.1) is 5.82 Å². The minimum absolute atomic E-state index is 0.224. The molecule has 128 valence electrons. The number of hydrogen-bond donors (Lipinski definition) is 2. The summed E-state index contributed by atoms with van der Waals surface area (Å²) in [5, 5.41) is 6.76. The van der Waals surface area contributed by atoms with Crippen molar-refractivity contribution in [3.8, 4) is 5.75 Å². The van der Waals surface area contributed by atoms with Gasteiger partial charge in [-0.25, -0.2) is 9.37 Å². The number of aromatic nitrogens is 1. The van der Waals surface area contributed by atoms with Gasteiger partial charge in [-0.15, -0.1) is 0 Å². The lowest BCUT2D eigenvalue weighted by atomic mass is 10.3. The monoisotopic (exact) mass is 350 g/mol. The SMILES string of the molecule is CN=C(NCc1ccc(Cl)nc1)NCC(C)Oc1ccccc1F. The van der Waals surface area contributed by atoms with E-state index in [0.717, 1.165) is 5.56 Å². The zero-order valence-corrected chi connectivity index (χ0v) is 14.3. The quantitative estimate of drug-likeness (QED) is 0.477. The van der Waals surface area contributed by atoms with Crippen molar-refractivity contribution in [3.05, 3.63) is 59.1 Å². The van der Waals surface area contributed by atoms with E-state index in [1.165, 1.54) is 6.07 Å². The van der Waals surface area contributed by atoms with Crippen molar-refractivity contribution in [2.75, 3.05) is 13.6 Å². The van der Waals surface area contributed by atoms with Crippen molar-refractivity contribution >= 4 is 17.6 Å². The maximum absolute atomic E-state index is 13.6. The zero-order valence-electron chi connectivity index (χ0n) is 13.6. The summed E-state index contributed by atoms with van der Waals surface area (Å²) < 4.78 is 19.1. The number of guanidine groups is 1. The average molecular weight is 351 g/mol. The topological polar surface area (TPSA) is 58.5 Å². The molecule has 1 aromatic carbocycles. The van der Waals surface area contributed by atoms with Gasteiger partial charge in [0, 0.05) is 19.8 Å². The van der Waals surface area contributed by atoms with Crippen molar-refractivity contribution in [3.63, 3.8) is 0 Å². The molecule has 0 bridgehead atoms. The van der Waals surface area contributed by atoms with Crippen molar-refractivity contribution in [1.29, 1.82) is 0 Å². The summed E-state index contributed by atoms with van der Waals surface area (Å²) in [4.78, 5) is 8.16. The first-order valence-electron chi connectivity index (χ1n) is 7.54. The number of nitrogens with zero attached hydrogens (tertiary/aromatic N) is 2. The molecule has 0 saturated heterocycles. The first kappa shape index (κ1) is 18.0. The number of aliphatic imine (C=N–C) groups is 1. The molecule has 1 atom stereocenters. The molecule has 1 heterocycles. The summed E-state index contributed by atoms with van der Waals surface area (Å²) in [6.45, 7) is 2.90. The van der Waals surface area contributed by atoms with Gasteiger partial charge >= 0.3 is 0 Å². The van der Waals surface area contributed by atoms with Gasteiger partial charge in [0.25, 0.3) is 0 Å². The van der Waals surface area contributed by atoms with Gasteiger partial charge in [0.15, 0.2) is 17.5 Å². The lowest BCUT2D eigenvalue weighted by Gasteiger charge is -2.18. The summed E-state index contributed by atoms with van der Waals surface area (Å²) >= 11 is 5.76. The molecule has 2 rings (SSSR count). The molecule has 7 heteroatoms. The molecule has 0 aliphatic heterocycles. The molecule has 5 nitrogen and oxygen atoms in total. The van der Waals surface area contributed by atoms with E-state index >= 15 is 0 Å². The van der Waals surface area contributed by atoms with Gasteiger partial charge in [0.1, 0.15) is 11.3 Å². The van der Waals surface area contributed by atoms with Crippen LogP contribution in [-0.2, 0) is 6.54 Å². The minimum Gasteiger partial charge on any atom is -0.486 e. The predicted molar refractivity (Wildman–Crippen MR) is 93.9 cm³/mol. The molecule has 24 heavy (non-hydrogen) atoms. The van der Waals surface area contributed by atoms with Crippen LogP contribution in [-0.4, -0.2) is 30.6 Å². The molecule has 0 fully saturated rings. The number of halogens is 2. The van der Waals surface area contributed by atoms with Gasteiger partial charge in [-0.3, -0.25) is 4.99 Å². The smallest absolute Gasteiger partial charge is 0.191 e. The number of para-hydroxylation sites is 1. The zero-order chi connectivity index (χ0) is 17.4. The fourth-order valence-corrected chi connectivity index (χ4v) is 2.07. The molecule has 1 aromatic heterocycles. The van der Waals surface area contributed by atoms with E-state index in [1.807, 2.05) is 13.0 Å². The molecule has 2 aromatic rings. The Labute approximate surface area is 145 Å². The first-order valence-corrected chi connectivity index (χ1v) is 7.92. The van der Waals surface area contributed by atoms with Gasteiger partial charge in [0.05, 0.1) is 6.54 Å². The molecule has 0 aliphatic carbocycles. The number of rotatable bonds is 6. The van der Waals surface area contributed by atoms with Gasteiger partial charge in [0.2, 0.25) is 0 Å². The second kappa shape index (κ2) is 9.08. The van der Waals surface area contributed by atoms with Crippen LogP contribution in [0.15, 0.2) is 47.6 Å². The lowest BCUT2D eigenvalue weighted by Crippen LogP contribution is -2.41. The van der Waals surface area contributed by atoms with E-state index < -0.39 is 0 Å². The molecule has 1 unspecified atom stereocenters. The lowest BCUT2D eigenvalue weighted by molar-refractivity contribution is 0.214. The summed E-state index contributed by atoms with van der Waals surface area (Å²) in [5.41, 5.74) is 0.984. The van der Waals surface area contributed by atoms with E-state index in [-0.39, 0.29) is 17.7 Å². The number of ether oxygens (including phenoxy) is 1. The number of benzene rings is 1. The van der Waals surface area contributed by atoms with E-state index in [2.05, 4.69) is 20.6 Å². The molecular weight excluding hydrogens is 331 g/mol. The summed E-state index contributed by atoms with van der Waals surface area (Å²) in [5.74, 6) is 0.484. The van der Waals surface area contributed by atoms with Crippen molar-refractivity contribution in [2.24, 2.45) is 4.99 Å². The summed E-state index contributed by atoms with van der Waals surface area (Å²) in [6, 6.07) is 9.96. The molecule has 0 saturated carbocycles. The first-order chi connectivity index (χ1) is 11.6. The van der Waals surface area contributed by atoms with Crippen LogP contribution in [0.5, 0.6) is 5.75 Å². The van der Waals surface area contributed by atoms with Gasteiger partial charge < -0.3 is 15.4 Å². The summed E-state index contributed by atoms with van der Waals surface area (Å²) in [7, 11) is 1.68. The maximum atomic E-state index is 13.6. The van der Waals surface area contributed by atoms with Crippen LogP contribution in [0.25, 0.3) is 0 Å². The van der Waals surface area contributed by atoms with Crippen LogP contribution in [0.2, 0.25) is 5.15 Å². The van der Waals surface area contributed by atoms with E-state index in [4.69, 9.17) is 16.3 Å². The third kappa shape index (κ3) is 5.70. The Morgan fingerprint density at radius 2 is 2.08 bits per heavy atom. The highest BCUT2D eigenvalue weighted by Crippen LogP contribution is 2.16. The number of nitrogens with one attached hydrogen (secondary N) is 2. The van der Waals surface area contributed by atoms with Crippen molar-refractivity contribution < 1.29 is 9.13 Å². The molecule has 0 radical (unpaired) electrons. The second-order valence-electron chi connectivity index (χ2n) is 5.15. The Bertz CT molecular complexity index is 679. The summed E-state index contributed by atoms with van der Waals surface area (Å²) in [6.07, 6.45) is 1.48. The van der Waals surface area contributed by atoms with Crippen LogP contribution in [0.4, 0.5) is 4.39 Å². The molecular formula is C17H20ClFN4O. The Morgan fingerprint density at radius 3 is 2.75 bits per heavy atom. The van der Waals surface area contributed by atoms with Crippen LogP contribution >= 0.6 is 11.6 Å². The van der Waals surface area contributed by atoms with Crippen LogP contribution < -0.4 is 15.4 Å². The van der Waals surface area contributed by atoms with E-state index in [9.17, 15) is 4.39 Å². The normalized spacial score (nSPS) is 12.6. The maximum Gasteiger partial charge on any atom is 0.191 e. The van der Waals surface area contributed by atoms with E-state index in [0.29, 0.717) is 24.2 Å². The fourth-order valence-electron chi connectivity index (χ4n) is 1.96. The number of pyridine rings is 1. The third-order valence-electron chi connectivity index (χ3n) is 3.19. The van der Waals surface area contributed by atoms with Crippen molar-refractivity contribution in [2.45, 2.75) is 19.6 Å². The third-order valence-corrected chi connectivity index (χ3v) is 3.42.